The third kappa shape index (κ3) is 3.64. The second-order valence-electron chi connectivity index (χ2n) is 4.86. The molecule has 18 heavy (non-hydrogen) atoms. The van der Waals surface area contributed by atoms with E-state index >= 15 is 0 Å². The first-order valence-corrected chi connectivity index (χ1v) is 6.88. The lowest BCUT2D eigenvalue weighted by Crippen LogP contribution is -2.18. The van der Waals surface area contributed by atoms with Crippen LogP contribution in [0.15, 0.2) is 18.2 Å². The van der Waals surface area contributed by atoms with Crippen molar-refractivity contribution in [2.75, 3.05) is 25.1 Å². The van der Waals surface area contributed by atoms with E-state index in [-0.39, 0.29) is 0 Å². The highest BCUT2D eigenvalue weighted by atomic mass is 16.5. The lowest BCUT2D eigenvalue weighted by atomic mass is 10.2. The van der Waals surface area contributed by atoms with E-state index in [0.29, 0.717) is 6.10 Å². The van der Waals surface area contributed by atoms with Crippen LogP contribution in [0.4, 0.5) is 5.69 Å². The second-order valence-corrected chi connectivity index (χ2v) is 4.86. The fourth-order valence-corrected chi connectivity index (χ4v) is 2.15. The molecule has 1 N–H and O–H groups in total. The van der Waals surface area contributed by atoms with Crippen LogP contribution in [-0.2, 0) is 4.74 Å². The largest absolute Gasteiger partial charge is 0.491 e. The quantitative estimate of drug-likeness (QED) is 0.838. The van der Waals surface area contributed by atoms with E-state index in [1.54, 1.807) is 0 Å². The van der Waals surface area contributed by atoms with Crippen molar-refractivity contribution in [1.29, 1.82) is 0 Å². The first-order chi connectivity index (χ1) is 8.79. The molecule has 100 valence electrons. The summed E-state index contributed by atoms with van der Waals surface area (Å²) in [5, 5.41) is 3.45. The molecule has 0 bridgehead atoms. The first kappa shape index (κ1) is 13.2. The van der Waals surface area contributed by atoms with Crippen molar-refractivity contribution < 1.29 is 9.47 Å². The van der Waals surface area contributed by atoms with Crippen molar-refractivity contribution in [3.63, 3.8) is 0 Å². The number of nitrogens with one attached hydrogen (secondary N) is 1. The molecule has 1 heterocycles. The molecule has 1 aliphatic rings. The van der Waals surface area contributed by atoms with E-state index < -0.39 is 0 Å². The molecule has 1 aliphatic heterocycles. The van der Waals surface area contributed by atoms with Gasteiger partial charge in [-0.3, -0.25) is 0 Å². The average molecular weight is 249 g/mol. The third-order valence-electron chi connectivity index (χ3n) is 3.14. The molecule has 1 saturated heterocycles. The molecular formula is C15H23NO2. The minimum atomic E-state index is 0.351. The number of hydrogen-bond acceptors (Lipinski definition) is 3. The molecule has 1 fully saturated rings. The van der Waals surface area contributed by atoms with Crippen LogP contribution in [-0.4, -0.2) is 25.9 Å². The average Bonchev–Trinajstić information content (AvgIpc) is 2.88. The minimum absolute atomic E-state index is 0.351. The van der Waals surface area contributed by atoms with Crippen molar-refractivity contribution in [1.82, 2.24) is 0 Å². The summed E-state index contributed by atoms with van der Waals surface area (Å²) in [4.78, 5) is 0. The third-order valence-corrected chi connectivity index (χ3v) is 3.14. The monoisotopic (exact) mass is 249 g/mol. The van der Waals surface area contributed by atoms with Crippen molar-refractivity contribution in [3.8, 4) is 5.75 Å². The second kappa shape index (κ2) is 6.64. The van der Waals surface area contributed by atoms with Crippen LogP contribution in [0.2, 0.25) is 0 Å². The Balaban J connectivity index is 1.97. The van der Waals surface area contributed by atoms with Gasteiger partial charge < -0.3 is 14.8 Å². The SMILES string of the molecule is CCCOc1ccc(C)cc1NCC1CCCO1. The number of aryl methyl sites for hydroxylation is 1. The summed E-state index contributed by atoms with van der Waals surface area (Å²) >= 11 is 0. The van der Waals surface area contributed by atoms with Gasteiger partial charge in [-0.25, -0.2) is 0 Å². The predicted octanol–water partition coefficient (Wildman–Crippen LogP) is 3.37. The zero-order valence-electron chi connectivity index (χ0n) is 11.4. The molecule has 1 aromatic rings. The highest BCUT2D eigenvalue weighted by Crippen LogP contribution is 2.26. The van der Waals surface area contributed by atoms with Gasteiger partial charge in [-0.2, -0.15) is 0 Å². The fourth-order valence-electron chi connectivity index (χ4n) is 2.15. The number of anilines is 1. The smallest absolute Gasteiger partial charge is 0.142 e. The van der Waals surface area contributed by atoms with Crippen LogP contribution in [0.25, 0.3) is 0 Å². The van der Waals surface area contributed by atoms with Gasteiger partial charge in [0.15, 0.2) is 0 Å². The number of benzene rings is 1. The molecule has 3 heteroatoms. The molecule has 0 radical (unpaired) electrons. The normalized spacial score (nSPS) is 18.9. The molecule has 3 nitrogen and oxygen atoms in total. The molecule has 0 aromatic heterocycles. The van der Waals surface area contributed by atoms with E-state index in [1.807, 2.05) is 6.07 Å². The van der Waals surface area contributed by atoms with Gasteiger partial charge in [0.1, 0.15) is 5.75 Å². The standard InChI is InChI=1S/C15H23NO2/c1-3-8-18-15-7-6-12(2)10-14(15)16-11-13-5-4-9-17-13/h6-7,10,13,16H,3-5,8-9,11H2,1-2H3. The zero-order chi connectivity index (χ0) is 12.8. The predicted molar refractivity (Wildman–Crippen MR) is 74.4 cm³/mol. The van der Waals surface area contributed by atoms with Crippen LogP contribution in [0.1, 0.15) is 31.7 Å². The number of hydrogen-bond donors (Lipinski definition) is 1. The Morgan fingerprint density at radius 2 is 2.33 bits per heavy atom. The lowest BCUT2D eigenvalue weighted by Gasteiger charge is -2.16. The Morgan fingerprint density at radius 1 is 1.44 bits per heavy atom. The van der Waals surface area contributed by atoms with Gasteiger partial charge in [0.05, 0.1) is 18.4 Å². The van der Waals surface area contributed by atoms with Gasteiger partial charge in [0.25, 0.3) is 0 Å². The summed E-state index contributed by atoms with van der Waals surface area (Å²) in [5.74, 6) is 0.945. The zero-order valence-corrected chi connectivity index (χ0v) is 11.4. The maximum Gasteiger partial charge on any atom is 0.142 e. The maximum absolute atomic E-state index is 5.75. The van der Waals surface area contributed by atoms with E-state index in [2.05, 4.69) is 31.3 Å². The van der Waals surface area contributed by atoms with Crippen LogP contribution < -0.4 is 10.1 Å². The van der Waals surface area contributed by atoms with Crippen LogP contribution in [0.3, 0.4) is 0 Å². The van der Waals surface area contributed by atoms with E-state index in [4.69, 9.17) is 9.47 Å². The summed E-state index contributed by atoms with van der Waals surface area (Å²) in [6.45, 7) is 6.75. The Morgan fingerprint density at radius 3 is 3.06 bits per heavy atom. The molecule has 0 amide bonds. The fraction of sp³-hybridized carbons (Fsp3) is 0.600. The van der Waals surface area contributed by atoms with Crippen LogP contribution in [0, 0.1) is 6.92 Å². The van der Waals surface area contributed by atoms with Gasteiger partial charge in [0.2, 0.25) is 0 Å². The summed E-state index contributed by atoms with van der Waals surface area (Å²) in [7, 11) is 0. The molecule has 1 aromatic carbocycles. The molecule has 0 aliphatic carbocycles. The van der Waals surface area contributed by atoms with Crippen molar-refractivity contribution >= 4 is 5.69 Å². The highest BCUT2D eigenvalue weighted by Gasteiger charge is 2.15. The van der Waals surface area contributed by atoms with Crippen molar-refractivity contribution in [2.45, 2.75) is 39.2 Å². The molecule has 1 atom stereocenters. The highest BCUT2D eigenvalue weighted by molar-refractivity contribution is 5.58. The van der Waals surface area contributed by atoms with Crippen LogP contribution in [0.5, 0.6) is 5.75 Å². The van der Waals surface area contributed by atoms with E-state index in [1.165, 1.54) is 12.0 Å². The Labute approximate surface area is 109 Å². The summed E-state index contributed by atoms with van der Waals surface area (Å²) in [6, 6.07) is 6.27. The number of ether oxygens (including phenoxy) is 2. The summed E-state index contributed by atoms with van der Waals surface area (Å²) in [5.41, 5.74) is 2.33. The molecule has 1 unspecified atom stereocenters. The lowest BCUT2D eigenvalue weighted by molar-refractivity contribution is 0.120. The molecule has 0 saturated carbocycles. The van der Waals surface area contributed by atoms with Gasteiger partial charge in [-0.1, -0.05) is 13.0 Å². The van der Waals surface area contributed by atoms with Gasteiger partial charge in [-0.05, 0) is 43.9 Å². The van der Waals surface area contributed by atoms with Crippen molar-refractivity contribution in [2.24, 2.45) is 0 Å². The topological polar surface area (TPSA) is 30.5 Å². The van der Waals surface area contributed by atoms with Gasteiger partial charge >= 0.3 is 0 Å². The number of rotatable bonds is 6. The molecule has 2 rings (SSSR count). The van der Waals surface area contributed by atoms with Crippen LogP contribution >= 0.6 is 0 Å². The summed E-state index contributed by atoms with van der Waals surface area (Å²) < 4.78 is 11.4. The Hall–Kier alpha value is -1.22. The Bertz CT molecular complexity index is 373. The van der Waals surface area contributed by atoms with E-state index in [0.717, 1.165) is 44.0 Å². The minimum Gasteiger partial charge on any atom is -0.491 e. The Kier molecular flexibility index (Phi) is 4.88. The van der Waals surface area contributed by atoms with Gasteiger partial charge in [-0.15, -0.1) is 0 Å². The molecular weight excluding hydrogens is 226 g/mol. The van der Waals surface area contributed by atoms with Gasteiger partial charge in [0, 0.05) is 13.2 Å². The van der Waals surface area contributed by atoms with E-state index in [9.17, 15) is 0 Å². The first-order valence-electron chi connectivity index (χ1n) is 6.88. The van der Waals surface area contributed by atoms with Crippen molar-refractivity contribution in [3.05, 3.63) is 23.8 Å². The molecule has 0 spiro atoms. The summed E-state index contributed by atoms with van der Waals surface area (Å²) in [6.07, 6.45) is 3.71. The maximum atomic E-state index is 5.75.